The van der Waals surface area contributed by atoms with Crippen LogP contribution < -0.4 is 0 Å². The van der Waals surface area contributed by atoms with E-state index in [-0.39, 0.29) is 0 Å². The molecule has 0 aliphatic carbocycles. The Kier molecular flexibility index (Phi) is 10.3. The molecule has 0 radical (unpaired) electrons. The molecule has 5 heteroatoms. The smallest absolute Gasteiger partial charge is 0.244 e. The molecule has 0 rings (SSSR count). The highest BCUT2D eigenvalue weighted by Crippen LogP contribution is 2.57. The molecule has 0 aromatic carbocycles. The van der Waals surface area contributed by atoms with Gasteiger partial charge in [0.15, 0.2) is 0 Å². The molecule has 0 saturated carbocycles. The number of rotatable bonds is 10. The van der Waals surface area contributed by atoms with Gasteiger partial charge in [0.05, 0.1) is 6.61 Å². The Labute approximate surface area is 116 Å². The highest BCUT2D eigenvalue weighted by Gasteiger charge is 2.18. The van der Waals surface area contributed by atoms with Crippen molar-refractivity contribution in [1.82, 2.24) is 0 Å². The Morgan fingerprint density at radius 2 is 1.53 bits per heavy atom. The lowest BCUT2D eigenvalue weighted by Gasteiger charge is -2.20. The van der Waals surface area contributed by atoms with E-state index in [1.807, 2.05) is 0 Å². The van der Waals surface area contributed by atoms with Gasteiger partial charge < -0.3 is 9.42 Å². The fourth-order valence-corrected chi connectivity index (χ4v) is 5.16. The van der Waals surface area contributed by atoms with Crippen LogP contribution in [-0.2, 0) is 16.3 Å². The van der Waals surface area contributed by atoms with Crippen molar-refractivity contribution in [1.29, 1.82) is 0 Å². The van der Waals surface area contributed by atoms with E-state index in [1.54, 1.807) is 0 Å². The van der Waals surface area contributed by atoms with Gasteiger partial charge in [0.1, 0.15) is 0 Å². The minimum Gasteiger partial charge on any atom is -0.337 e. The zero-order valence-corrected chi connectivity index (χ0v) is 14.0. The van der Waals surface area contributed by atoms with Crippen LogP contribution in [0.1, 0.15) is 53.4 Å². The van der Waals surface area contributed by atoms with Crippen molar-refractivity contribution in [3.8, 4) is 0 Å². The maximum absolute atomic E-state index is 10.1. The minimum atomic E-state index is -2.60. The average Bonchev–Trinajstić information content (AvgIpc) is 2.31. The van der Waals surface area contributed by atoms with E-state index in [2.05, 4.69) is 27.7 Å². The molecule has 1 N–H and O–H groups in total. The first kappa shape index (κ1) is 17.9. The third-order valence-corrected chi connectivity index (χ3v) is 7.69. The van der Waals surface area contributed by atoms with Crippen LogP contribution in [-0.4, -0.2) is 17.3 Å². The molecule has 17 heavy (non-hydrogen) atoms. The molecule has 0 saturated heterocycles. The van der Waals surface area contributed by atoms with Gasteiger partial charge in [0, 0.05) is 5.75 Å². The van der Waals surface area contributed by atoms with Gasteiger partial charge in [-0.3, -0.25) is 0 Å². The average molecular weight is 298 g/mol. The minimum absolute atomic E-state index is 0.526. The summed E-state index contributed by atoms with van der Waals surface area (Å²) >= 11 is 6.64. The second-order valence-corrected chi connectivity index (χ2v) is 10.6. The fourth-order valence-electron chi connectivity index (χ4n) is 1.49. The lowest BCUT2D eigenvalue weighted by molar-refractivity contribution is 0.245. The number of hydrogen-bond acceptors (Lipinski definition) is 3. The van der Waals surface area contributed by atoms with E-state index in [0.29, 0.717) is 18.4 Å². The molecule has 0 aromatic heterocycles. The normalized spacial score (nSPS) is 15.5. The van der Waals surface area contributed by atoms with Crippen LogP contribution in [0.3, 0.4) is 0 Å². The summed E-state index contributed by atoms with van der Waals surface area (Å²) in [6.45, 7) is 9.27. The first-order valence-electron chi connectivity index (χ1n) is 6.60. The van der Waals surface area contributed by atoms with Gasteiger partial charge in [0.2, 0.25) is 5.69 Å². The second-order valence-electron chi connectivity index (χ2n) is 4.43. The highest BCUT2D eigenvalue weighted by atomic mass is 32.9. The third kappa shape index (κ3) is 8.61. The molecule has 0 aliphatic rings. The van der Waals surface area contributed by atoms with Gasteiger partial charge in [-0.05, 0) is 23.6 Å². The monoisotopic (exact) mass is 298 g/mol. The highest BCUT2D eigenvalue weighted by molar-refractivity contribution is 8.67. The quantitative estimate of drug-likeness (QED) is 0.585. The van der Waals surface area contributed by atoms with Gasteiger partial charge in [-0.15, -0.1) is 0 Å². The predicted octanol–water partition coefficient (Wildman–Crippen LogP) is 4.83. The summed E-state index contributed by atoms with van der Waals surface area (Å²) in [5.41, 5.74) is -2.60. The van der Waals surface area contributed by atoms with Gasteiger partial charge >= 0.3 is 0 Å². The van der Waals surface area contributed by atoms with Crippen molar-refractivity contribution in [2.45, 2.75) is 53.4 Å². The van der Waals surface area contributed by atoms with Crippen LogP contribution in [0.4, 0.5) is 0 Å². The summed E-state index contributed by atoms with van der Waals surface area (Å²) in [5.74, 6) is 2.09. The molecule has 1 unspecified atom stereocenters. The summed E-state index contributed by atoms with van der Waals surface area (Å²) in [5, 5.41) is 0. The molecule has 0 bridgehead atoms. The van der Waals surface area contributed by atoms with Gasteiger partial charge in [-0.1, -0.05) is 64.8 Å². The molecule has 104 valence electrons. The summed E-state index contributed by atoms with van der Waals surface area (Å²) in [6.07, 6.45) is 4.46. The molecular weight excluding hydrogens is 271 g/mol. The molecule has 1 atom stereocenters. The van der Waals surface area contributed by atoms with Crippen molar-refractivity contribution < 1.29 is 9.42 Å². The Morgan fingerprint density at radius 1 is 1.06 bits per heavy atom. The molecule has 2 nitrogen and oxygen atoms in total. The summed E-state index contributed by atoms with van der Waals surface area (Å²) < 4.78 is 5.56. The van der Waals surface area contributed by atoms with E-state index < -0.39 is 5.69 Å². The van der Waals surface area contributed by atoms with Crippen LogP contribution in [0.2, 0.25) is 0 Å². The van der Waals surface area contributed by atoms with E-state index in [9.17, 15) is 4.89 Å². The molecule has 0 aliphatic heterocycles. The second kappa shape index (κ2) is 9.80. The predicted molar refractivity (Wildman–Crippen MR) is 83.1 cm³/mol. The maximum atomic E-state index is 10.1. The van der Waals surface area contributed by atoms with E-state index in [1.165, 1.54) is 11.4 Å². The largest absolute Gasteiger partial charge is 0.337 e. The Hall–Kier alpha value is 0.920. The van der Waals surface area contributed by atoms with Crippen LogP contribution in [0.25, 0.3) is 0 Å². The van der Waals surface area contributed by atoms with Crippen LogP contribution in [0, 0.1) is 11.8 Å². The SMILES string of the molecule is CCC(CC)COP(O)(=S)SCC(CC)CC. The lowest BCUT2D eigenvalue weighted by Crippen LogP contribution is -2.06. The molecule has 0 fully saturated rings. The summed E-state index contributed by atoms with van der Waals surface area (Å²) in [7, 11) is 0. The lowest BCUT2D eigenvalue weighted by atomic mass is 10.1. The molecular formula is C12H27O2PS2. The topological polar surface area (TPSA) is 29.5 Å². The summed E-state index contributed by atoms with van der Waals surface area (Å²) in [4.78, 5) is 10.1. The van der Waals surface area contributed by atoms with Crippen molar-refractivity contribution in [3.63, 3.8) is 0 Å². The molecule has 0 aromatic rings. The third-order valence-electron chi connectivity index (χ3n) is 3.26. The zero-order valence-electron chi connectivity index (χ0n) is 11.5. The first-order chi connectivity index (χ1) is 7.99. The van der Waals surface area contributed by atoms with E-state index >= 15 is 0 Å². The van der Waals surface area contributed by atoms with Crippen molar-refractivity contribution in [3.05, 3.63) is 0 Å². The zero-order chi connectivity index (χ0) is 13.3. The fraction of sp³-hybridized carbons (Fsp3) is 1.00. The Bertz CT molecular complexity index is 209. The van der Waals surface area contributed by atoms with Crippen LogP contribution in [0.15, 0.2) is 0 Å². The Balaban J connectivity index is 3.98. The van der Waals surface area contributed by atoms with Crippen LogP contribution in [0.5, 0.6) is 0 Å². The summed E-state index contributed by atoms with van der Waals surface area (Å²) in [6, 6.07) is 0. The van der Waals surface area contributed by atoms with Gasteiger partial charge in [-0.25, -0.2) is 0 Å². The molecule has 0 amide bonds. The van der Waals surface area contributed by atoms with Gasteiger partial charge in [0.25, 0.3) is 0 Å². The van der Waals surface area contributed by atoms with E-state index in [0.717, 1.165) is 31.4 Å². The van der Waals surface area contributed by atoms with Crippen molar-refractivity contribution in [2.24, 2.45) is 11.8 Å². The first-order valence-corrected chi connectivity index (χ1v) is 10.9. The van der Waals surface area contributed by atoms with Crippen molar-refractivity contribution >= 4 is 28.9 Å². The standard InChI is InChI=1S/C12H27O2PS2/c1-5-11(6-2)9-14-15(13,16)17-10-12(7-3)8-4/h11-12H,5-10H2,1-4H3,(H,13,16). The van der Waals surface area contributed by atoms with Crippen molar-refractivity contribution in [2.75, 3.05) is 12.4 Å². The van der Waals surface area contributed by atoms with Crippen LogP contribution >= 0.6 is 17.1 Å². The molecule has 0 heterocycles. The Morgan fingerprint density at radius 3 is 1.94 bits per heavy atom. The van der Waals surface area contributed by atoms with E-state index in [4.69, 9.17) is 16.3 Å². The number of hydrogen-bond donors (Lipinski definition) is 1. The van der Waals surface area contributed by atoms with Gasteiger partial charge in [-0.2, -0.15) is 0 Å². The maximum Gasteiger partial charge on any atom is 0.244 e. The molecule has 0 spiro atoms.